The van der Waals surface area contributed by atoms with E-state index in [4.69, 9.17) is 5.73 Å². The third-order valence-electron chi connectivity index (χ3n) is 3.33. The Kier molecular flexibility index (Phi) is 2.83. The molecule has 1 aromatic carbocycles. The molecule has 1 aliphatic rings. The number of amides is 2. The van der Waals surface area contributed by atoms with E-state index in [1.807, 2.05) is 13.8 Å². The van der Waals surface area contributed by atoms with Gasteiger partial charge < -0.3 is 5.73 Å². The lowest BCUT2D eigenvalue weighted by atomic mass is 10.1. The summed E-state index contributed by atoms with van der Waals surface area (Å²) in [7, 11) is 0. The fourth-order valence-corrected chi connectivity index (χ4v) is 3.29. The fourth-order valence-electron chi connectivity index (χ4n) is 2.37. The smallest absolute Gasteiger partial charge is 0.263 e. The van der Waals surface area contributed by atoms with Gasteiger partial charge in [0.05, 0.1) is 28.4 Å². The van der Waals surface area contributed by atoms with Gasteiger partial charge in [-0.2, -0.15) is 0 Å². The lowest BCUT2D eigenvalue weighted by Crippen LogP contribution is -2.29. The average molecular weight is 287 g/mol. The van der Waals surface area contributed by atoms with Crippen molar-refractivity contribution in [3.8, 4) is 0 Å². The van der Waals surface area contributed by atoms with E-state index in [1.54, 1.807) is 18.2 Å². The van der Waals surface area contributed by atoms with Gasteiger partial charge in [0.25, 0.3) is 11.8 Å². The maximum absolute atomic E-state index is 12.4. The molecular formula is C14H13N3O2S. The van der Waals surface area contributed by atoms with Gasteiger partial charge in [0.2, 0.25) is 0 Å². The van der Waals surface area contributed by atoms with Crippen molar-refractivity contribution < 1.29 is 9.59 Å². The zero-order valence-electron chi connectivity index (χ0n) is 11.1. The molecule has 20 heavy (non-hydrogen) atoms. The zero-order valence-corrected chi connectivity index (χ0v) is 12.0. The van der Waals surface area contributed by atoms with Gasteiger partial charge in [-0.05, 0) is 26.0 Å². The Hall–Kier alpha value is -2.21. The maximum atomic E-state index is 12.4. The highest BCUT2D eigenvalue weighted by Gasteiger charge is 2.37. The minimum Gasteiger partial charge on any atom is -0.398 e. The van der Waals surface area contributed by atoms with E-state index in [0.717, 1.165) is 15.6 Å². The molecule has 0 spiro atoms. The average Bonchev–Trinajstić information content (AvgIpc) is 2.83. The number of nitrogens with two attached hydrogens (primary N) is 1. The van der Waals surface area contributed by atoms with E-state index < -0.39 is 0 Å². The van der Waals surface area contributed by atoms with Gasteiger partial charge in [0, 0.05) is 10.6 Å². The number of aryl methyl sites for hydroxylation is 2. The number of rotatable bonds is 2. The second-order valence-corrected chi connectivity index (χ2v) is 6.00. The number of fused-ring (bicyclic) bond motifs is 1. The van der Waals surface area contributed by atoms with Crippen molar-refractivity contribution in [2.45, 2.75) is 20.4 Å². The SMILES string of the molecule is Cc1nc(C)c(CN2C(=O)c3cccc(N)c3C2=O)s1. The molecule has 0 unspecified atom stereocenters. The summed E-state index contributed by atoms with van der Waals surface area (Å²) in [6, 6.07) is 4.96. The summed E-state index contributed by atoms with van der Waals surface area (Å²) in [4.78, 5) is 31.2. The molecule has 0 bridgehead atoms. The first-order valence-electron chi connectivity index (χ1n) is 6.16. The summed E-state index contributed by atoms with van der Waals surface area (Å²) in [6.07, 6.45) is 0. The van der Waals surface area contributed by atoms with Crippen LogP contribution in [0.25, 0.3) is 0 Å². The molecule has 3 rings (SSSR count). The predicted molar refractivity (Wildman–Crippen MR) is 76.6 cm³/mol. The summed E-state index contributed by atoms with van der Waals surface area (Å²) in [5.74, 6) is -0.615. The number of hydrogen-bond acceptors (Lipinski definition) is 5. The molecule has 2 heterocycles. The largest absolute Gasteiger partial charge is 0.398 e. The minimum absolute atomic E-state index is 0.253. The van der Waals surface area contributed by atoms with Crippen LogP contribution in [0.4, 0.5) is 5.69 Å². The third-order valence-corrected chi connectivity index (χ3v) is 4.39. The van der Waals surface area contributed by atoms with E-state index in [1.165, 1.54) is 16.2 Å². The van der Waals surface area contributed by atoms with Crippen LogP contribution in [0.3, 0.4) is 0 Å². The number of nitrogens with zero attached hydrogens (tertiary/aromatic N) is 2. The number of hydrogen-bond donors (Lipinski definition) is 1. The van der Waals surface area contributed by atoms with E-state index in [9.17, 15) is 9.59 Å². The number of aromatic nitrogens is 1. The topological polar surface area (TPSA) is 76.3 Å². The first kappa shape index (κ1) is 12.8. The molecule has 1 aromatic heterocycles. The lowest BCUT2D eigenvalue weighted by Gasteiger charge is -2.12. The van der Waals surface area contributed by atoms with Crippen LogP contribution in [-0.2, 0) is 6.54 Å². The molecule has 0 saturated carbocycles. The van der Waals surface area contributed by atoms with Crippen LogP contribution in [-0.4, -0.2) is 21.7 Å². The number of imide groups is 1. The van der Waals surface area contributed by atoms with Gasteiger partial charge in [0.15, 0.2) is 0 Å². The molecule has 0 atom stereocenters. The summed E-state index contributed by atoms with van der Waals surface area (Å²) < 4.78 is 0. The van der Waals surface area contributed by atoms with Crippen LogP contribution in [0.2, 0.25) is 0 Å². The third kappa shape index (κ3) is 1.80. The fraction of sp³-hybridized carbons (Fsp3) is 0.214. The molecule has 0 fully saturated rings. The van der Waals surface area contributed by atoms with Crippen LogP contribution >= 0.6 is 11.3 Å². The number of carbonyl (C=O) groups excluding carboxylic acids is 2. The number of carbonyl (C=O) groups is 2. The lowest BCUT2D eigenvalue weighted by molar-refractivity contribution is 0.0644. The molecule has 2 N–H and O–H groups in total. The Morgan fingerprint density at radius 2 is 2.00 bits per heavy atom. The molecule has 1 aliphatic heterocycles. The van der Waals surface area contributed by atoms with Crippen molar-refractivity contribution in [1.29, 1.82) is 0 Å². The predicted octanol–water partition coefficient (Wildman–Crippen LogP) is 2.14. The van der Waals surface area contributed by atoms with Crippen LogP contribution in [0.1, 0.15) is 36.3 Å². The summed E-state index contributed by atoms with van der Waals surface area (Å²) in [6.45, 7) is 4.04. The van der Waals surface area contributed by atoms with Crippen LogP contribution in [0, 0.1) is 13.8 Å². The first-order valence-corrected chi connectivity index (χ1v) is 6.98. The summed E-state index contributed by atoms with van der Waals surface area (Å²) >= 11 is 1.50. The molecule has 0 radical (unpaired) electrons. The van der Waals surface area contributed by atoms with Gasteiger partial charge in [0.1, 0.15) is 0 Å². The number of anilines is 1. The summed E-state index contributed by atoms with van der Waals surface area (Å²) in [5, 5.41) is 0.925. The van der Waals surface area contributed by atoms with Crippen LogP contribution < -0.4 is 5.73 Å². The highest BCUT2D eigenvalue weighted by Crippen LogP contribution is 2.30. The number of thiazole rings is 1. The Morgan fingerprint density at radius 1 is 1.25 bits per heavy atom. The van der Waals surface area contributed by atoms with E-state index >= 15 is 0 Å². The molecule has 5 nitrogen and oxygen atoms in total. The van der Waals surface area contributed by atoms with Crippen molar-refractivity contribution in [3.63, 3.8) is 0 Å². The van der Waals surface area contributed by atoms with Crippen LogP contribution in [0.15, 0.2) is 18.2 Å². The monoisotopic (exact) mass is 287 g/mol. The number of benzene rings is 1. The molecule has 0 saturated heterocycles. The Labute approximate surface area is 120 Å². The van der Waals surface area contributed by atoms with Crippen molar-refractivity contribution in [2.75, 3.05) is 5.73 Å². The van der Waals surface area contributed by atoms with Crippen molar-refractivity contribution >= 4 is 28.8 Å². The minimum atomic E-state index is -0.325. The first-order chi connectivity index (χ1) is 9.49. The van der Waals surface area contributed by atoms with E-state index in [2.05, 4.69) is 4.98 Å². The second kappa shape index (κ2) is 4.42. The quantitative estimate of drug-likeness (QED) is 0.678. The molecule has 6 heteroatoms. The standard InChI is InChI=1S/C14H13N3O2S/c1-7-11(20-8(2)16-7)6-17-13(18)9-4-3-5-10(15)12(9)14(17)19/h3-5H,6,15H2,1-2H3. The second-order valence-electron chi connectivity index (χ2n) is 4.71. The maximum Gasteiger partial charge on any atom is 0.263 e. The Bertz CT molecular complexity index is 736. The van der Waals surface area contributed by atoms with Crippen molar-refractivity contribution in [1.82, 2.24) is 9.88 Å². The Morgan fingerprint density at radius 3 is 2.60 bits per heavy atom. The molecule has 2 aromatic rings. The van der Waals surface area contributed by atoms with Gasteiger partial charge in [-0.15, -0.1) is 11.3 Å². The van der Waals surface area contributed by atoms with Gasteiger partial charge >= 0.3 is 0 Å². The molecular weight excluding hydrogens is 274 g/mol. The molecule has 102 valence electrons. The van der Waals surface area contributed by atoms with Crippen LogP contribution in [0.5, 0.6) is 0 Å². The van der Waals surface area contributed by atoms with Crippen molar-refractivity contribution in [2.24, 2.45) is 0 Å². The van der Waals surface area contributed by atoms with Gasteiger partial charge in [-0.1, -0.05) is 6.07 Å². The van der Waals surface area contributed by atoms with Crippen molar-refractivity contribution in [3.05, 3.63) is 44.9 Å². The van der Waals surface area contributed by atoms with Gasteiger partial charge in [-0.25, -0.2) is 4.98 Å². The molecule has 2 amide bonds. The summed E-state index contributed by atoms with van der Waals surface area (Å²) in [5.41, 5.74) is 7.71. The number of nitrogen functional groups attached to an aromatic ring is 1. The normalized spacial score (nSPS) is 14.0. The zero-order chi connectivity index (χ0) is 14.4. The van der Waals surface area contributed by atoms with Gasteiger partial charge in [-0.3, -0.25) is 14.5 Å². The van der Waals surface area contributed by atoms with E-state index in [-0.39, 0.29) is 18.4 Å². The Balaban J connectivity index is 1.98. The molecule has 0 aliphatic carbocycles. The highest BCUT2D eigenvalue weighted by atomic mass is 32.1. The van der Waals surface area contributed by atoms with E-state index in [0.29, 0.717) is 16.8 Å². The highest BCUT2D eigenvalue weighted by molar-refractivity contribution is 7.11.